The molecule has 0 unspecified atom stereocenters. The maximum Gasteiger partial charge on any atom is 0.573 e. The van der Waals surface area contributed by atoms with Crippen LogP contribution in [-0.4, -0.2) is 13.4 Å². The zero-order chi connectivity index (χ0) is 15.5. The number of benzene rings is 2. The van der Waals surface area contributed by atoms with E-state index in [1.807, 2.05) is 0 Å². The molecule has 2 nitrogen and oxygen atoms in total. The van der Waals surface area contributed by atoms with Crippen LogP contribution < -0.4 is 10.1 Å². The van der Waals surface area contributed by atoms with Crippen molar-refractivity contribution in [3.63, 3.8) is 0 Å². The molecule has 0 bridgehead atoms. The predicted molar refractivity (Wildman–Crippen MR) is 71.3 cm³/mol. The molecule has 0 heterocycles. The lowest BCUT2D eigenvalue weighted by atomic mass is 9.99. The molecular formula is C15H13F4NO. The minimum atomic E-state index is -4.72. The van der Waals surface area contributed by atoms with Crippen LogP contribution >= 0.6 is 0 Å². The van der Waals surface area contributed by atoms with Crippen molar-refractivity contribution in [2.24, 2.45) is 0 Å². The fourth-order valence-corrected chi connectivity index (χ4v) is 2.00. The molecule has 0 spiro atoms. The normalized spacial score (nSPS) is 11.5. The number of halogens is 4. The second kappa shape index (κ2) is 6.13. The Morgan fingerprint density at radius 1 is 1.05 bits per heavy atom. The quantitative estimate of drug-likeness (QED) is 0.858. The molecule has 0 radical (unpaired) electrons. The Kier molecular flexibility index (Phi) is 4.47. The van der Waals surface area contributed by atoms with E-state index >= 15 is 0 Å². The summed E-state index contributed by atoms with van der Waals surface area (Å²) >= 11 is 0. The van der Waals surface area contributed by atoms with E-state index in [1.54, 1.807) is 13.1 Å². The molecule has 0 aromatic heterocycles. The third-order valence-corrected chi connectivity index (χ3v) is 2.84. The average Bonchev–Trinajstić information content (AvgIpc) is 2.40. The molecule has 2 rings (SSSR count). The molecule has 0 atom stereocenters. The average molecular weight is 299 g/mol. The van der Waals surface area contributed by atoms with E-state index in [0.717, 1.165) is 5.56 Å². The van der Waals surface area contributed by atoms with Gasteiger partial charge < -0.3 is 10.1 Å². The van der Waals surface area contributed by atoms with Gasteiger partial charge in [0, 0.05) is 6.54 Å². The molecule has 0 aliphatic heterocycles. The Balaban J connectivity index is 2.32. The minimum Gasteiger partial charge on any atom is -0.406 e. The highest BCUT2D eigenvalue weighted by molar-refractivity contribution is 5.68. The standard InChI is InChI=1S/C15H13F4NO/c1-20-9-11-2-5-12(16)8-14(11)10-3-6-13(7-4-10)21-15(17,18)19/h2-8,20H,9H2,1H3. The smallest absolute Gasteiger partial charge is 0.406 e. The SMILES string of the molecule is CNCc1ccc(F)cc1-c1ccc(OC(F)(F)F)cc1. The highest BCUT2D eigenvalue weighted by Gasteiger charge is 2.30. The Morgan fingerprint density at radius 2 is 1.71 bits per heavy atom. The molecule has 112 valence electrons. The summed E-state index contributed by atoms with van der Waals surface area (Å²) in [4.78, 5) is 0. The van der Waals surface area contributed by atoms with Gasteiger partial charge in [-0.1, -0.05) is 18.2 Å². The van der Waals surface area contributed by atoms with Crippen LogP contribution in [0.25, 0.3) is 11.1 Å². The van der Waals surface area contributed by atoms with Crippen molar-refractivity contribution in [3.8, 4) is 16.9 Å². The number of hydrogen-bond donors (Lipinski definition) is 1. The lowest BCUT2D eigenvalue weighted by Gasteiger charge is -2.12. The lowest BCUT2D eigenvalue weighted by molar-refractivity contribution is -0.274. The van der Waals surface area contributed by atoms with E-state index in [2.05, 4.69) is 10.1 Å². The Hall–Kier alpha value is -2.08. The maximum absolute atomic E-state index is 13.4. The molecule has 2 aromatic carbocycles. The van der Waals surface area contributed by atoms with Crippen LogP contribution in [0.5, 0.6) is 5.75 Å². The van der Waals surface area contributed by atoms with Crippen molar-refractivity contribution in [1.82, 2.24) is 5.32 Å². The van der Waals surface area contributed by atoms with Gasteiger partial charge >= 0.3 is 6.36 Å². The van der Waals surface area contributed by atoms with Crippen LogP contribution in [0, 0.1) is 5.82 Å². The number of ether oxygens (including phenoxy) is 1. The fraction of sp³-hybridized carbons (Fsp3) is 0.200. The molecule has 1 N–H and O–H groups in total. The van der Waals surface area contributed by atoms with Crippen LogP contribution in [0.4, 0.5) is 17.6 Å². The zero-order valence-electron chi connectivity index (χ0n) is 11.2. The molecule has 21 heavy (non-hydrogen) atoms. The van der Waals surface area contributed by atoms with Crippen molar-refractivity contribution in [1.29, 1.82) is 0 Å². The molecular weight excluding hydrogens is 286 g/mol. The van der Waals surface area contributed by atoms with Crippen LogP contribution in [0.3, 0.4) is 0 Å². The van der Waals surface area contributed by atoms with Crippen LogP contribution in [0.2, 0.25) is 0 Å². The van der Waals surface area contributed by atoms with E-state index in [4.69, 9.17) is 0 Å². The van der Waals surface area contributed by atoms with Gasteiger partial charge in [-0.15, -0.1) is 13.2 Å². The van der Waals surface area contributed by atoms with Gasteiger partial charge in [0.05, 0.1) is 0 Å². The Morgan fingerprint density at radius 3 is 2.29 bits per heavy atom. The second-order valence-electron chi connectivity index (χ2n) is 4.40. The number of alkyl halides is 3. The molecule has 0 saturated heterocycles. The Labute approximate surface area is 119 Å². The van der Waals surface area contributed by atoms with E-state index in [1.165, 1.54) is 36.4 Å². The van der Waals surface area contributed by atoms with Gasteiger partial charge in [-0.05, 0) is 48.0 Å². The van der Waals surface area contributed by atoms with Gasteiger partial charge in [0.15, 0.2) is 0 Å². The van der Waals surface area contributed by atoms with Crippen molar-refractivity contribution in [2.45, 2.75) is 12.9 Å². The lowest BCUT2D eigenvalue weighted by Crippen LogP contribution is -2.16. The summed E-state index contributed by atoms with van der Waals surface area (Å²) in [6, 6.07) is 9.68. The topological polar surface area (TPSA) is 21.3 Å². The largest absolute Gasteiger partial charge is 0.573 e. The molecule has 6 heteroatoms. The summed E-state index contributed by atoms with van der Waals surface area (Å²) in [5.74, 6) is -0.710. The molecule has 0 saturated carbocycles. The highest BCUT2D eigenvalue weighted by Crippen LogP contribution is 2.29. The van der Waals surface area contributed by atoms with E-state index in [-0.39, 0.29) is 5.75 Å². The van der Waals surface area contributed by atoms with Crippen LogP contribution in [0.1, 0.15) is 5.56 Å². The molecule has 0 fully saturated rings. The van der Waals surface area contributed by atoms with Gasteiger partial charge in [-0.25, -0.2) is 4.39 Å². The van der Waals surface area contributed by atoms with Gasteiger partial charge in [0.2, 0.25) is 0 Å². The highest BCUT2D eigenvalue weighted by atomic mass is 19.4. The second-order valence-corrected chi connectivity index (χ2v) is 4.40. The van der Waals surface area contributed by atoms with Gasteiger partial charge in [0.25, 0.3) is 0 Å². The van der Waals surface area contributed by atoms with Gasteiger partial charge in [-0.2, -0.15) is 0 Å². The van der Waals surface area contributed by atoms with Crippen molar-refractivity contribution >= 4 is 0 Å². The molecule has 0 aliphatic rings. The number of nitrogens with one attached hydrogen (secondary N) is 1. The first-order chi connectivity index (χ1) is 9.89. The molecule has 2 aromatic rings. The van der Waals surface area contributed by atoms with Crippen molar-refractivity contribution in [3.05, 3.63) is 53.8 Å². The monoisotopic (exact) mass is 299 g/mol. The first-order valence-electron chi connectivity index (χ1n) is 6.18. The fourth-order valence-electron chi connectivity index (χ4n) is 2.00. The summed E-state index contributed by atoms with van der Waals surface area (Å²) in [6.07, 6.45) is -4.72. The van der Waals surface area contributed by atoms with Crippen molar-refractivity contribution < 1.29 is 22.3 Å². The van der Waals surface area contributed by atoms with Gasteiger partial charge in [-0.3, -0.25) is 0 Å². The van der Waals surface area contributed by atoms with Crippen molar-refractivity contribution in [2.75, 3.05) is 7.05 Å². The first kappa shape index (κ1) is 15.3. The maximum atomic E-state index is 13.4. The summed E-state index contributed by atoms with van der Waals surface area (Å²) < 4.78 is 53.5. The number of rotatable bonds is 4. The molecule has 0 aliphatic carbocycles. The molecule has 0 amide bonds. The number of hydrogen-bond acceptors (Lipinski definition) is 2. The van der Waals surface area contributed by atoms with Gasteiger partial charge in [0.1, 0.15) is 11.6 Å². The van der Waals surface area contributed by atoms with Crippen LogP contribution in [-0.2, 0) is 6.54 Å². The predicted octanol–water partition coefficient (Wildman–Crippen LogP) is 4.11. The zero-order valence-corrected chi connectivity index (χ0v) is 11.2. The summed E-state index contributed by atoms with van der Waals surface area (Å²) in [5.41, 5.74) is 2.10. The third-order valence-electron chi connectivity index (χ3n) is 2.84. The summed E-state index contributed by atoms with van der Waals surface area (Å²) in [5, 5.41) is 2.96. The van der Waals surface area contributed by atoms with E-state index < -0.39 is 12.2 Å². The minimum absolute atomic E-state index is 0.308. The van der Waals surface area contributed by atoms with E-state index in [9.17, 15) is 17.6 Å². The third kappa shape index (κ3) is 4.19. The summed E-state index contributed by atoms with van der Waals surface area (Å²) in [6.45, 7) is 0.524. The summed E-state index contributed by atoms with van der Waals surface area (Å²) in [7, 11) is 1.76. The Bertz CT molecular complexity index is 608. The first-order valence-corrected chi connectivity index (χ1v) is 6.18. The van der Waals surface area contributed by atoms with Crippen LogP contribution in [0.15, 0.2) is 42.5 Å². The van der Waals surface area contributed by atoms with E-state index in [0.29, 0.717) is 17.7 Å².